The van der Waals surface area contributed by atoms with E-state index in [1.54, 1.807) is 54.1 Å². The number of β-amino-alcohol motifs (C(OH)–C–C–N with tert-alkyl or cyclic N) is 1. The number of aliphatic hydroxyl groups excluding tert-OH is 1. The minimum Gasteiger partial charge on any atom is -0.391 e. The molecular weight excluding hydrogens is 1210 g/mol. The van der Waals surface area contributed by atoms with Crippen molar-refractivity contribution in [3.8, 4) is 21.7 Å². The van der Waals surface area contributed by atoms with Gasteiger partial charge in [-0.3, -0.25) is 38.4 Å². The van der Waals surface area contributed by atoms with Crippen molar-refractivity contribution in [1.29, 1.82) is 0 Å². The number of hydrogen-bond acceptors (Lipinski definition) is 20. The van der Waals surface area contributed by atoms with E-state index in [1.807, 2.05) is 60.5 Å². The van der Waals surface area contributed by atoms with Gasteiger partial charge in [0, 0.05) is 100 Å². The van der Waals surface area contributed by atoms with Gasteiger partial charge in [-0.15, -0.1) is 11.3 Å². The van der Waals surface area contributed by atoms with Gasteiger partial charge in [-0.05, 0) is 61.9 Å². The third-order valence-electron chi connectivity index (χ3n) is 16.7. The number of anilines is 2. The van der Waals surface area contributed by atoms with E-state index in [1.165, 1.54) is 22.3 Å². The molecule has 492 valence electrons. The summed E-state index contributed by atoms with van der Waals surface area (Å²) in [4.78, 5) is 88.4. The number of primary amides is 1. The Morgan fingerprint density at radius 3 is 2.08 bits per heavy atom. The van der Waals surface area contributed by atoms with Crippen LogP contribution in [-0.2, 0) is 42.9 Å². The maximum atomic E-state index is 15.7. The number of rotatable bonds is 34. The molecular formula is C64H81FN14O12S. The number of H-pyrrole nitrogens is 1. The van der Waals surface area contributed by atoms with E-state index in [-0.39, 0.29) is 74.7 Å². The Balaban J connectivity index is 0.556. The average Bonchev–Trinajstić information content (AvgIpc) is 1.51. The Hall–Kier alpha value is -8.09. The highest BCUT2D eigenvalue weighted by molar-refractivity contribution is 7.13. The van der Waals surface area contributed by atoms with Gasteiger partial charge in [0.25, 0.3) is 5.91 Å². The number of aromatic amines is 1. The van der Waals surface area contributed by atoms with Gasteiger partial charge < -0.3 is 64.8 Å². The van der Waals surface area contributed by atoms with E-state index in [0.717, 1.165) is 45.9 Å². The van der Waals surface area contributed by atoms with Crippen molar-refractivity contribution < 1.29 is 61.7 Å². The fourth-order valence-corrected chi connectivity index (χ4v) is 12.6. The van der Waals surface area contributed by atoms with Gasteiger partial charge in [0.1, 0.15) is 23.0 Å². The number of halogens is 1. The Morgan fingerprint density at radius 1 is 0.837 bits per heavy atom. The minimum atomic E-state index is -1.77. The summed E-state index contributed by atoms with van der Waals surface area (Å²) in [5, 5.41) is 31.0. The van der Waals surface area contributed by atoms with E-state index in [4.69, 9.17) is 38.9 Å². The predicted octanol–water partition coefficient (Wildman–Crippen LogP) is 5.11. The number of hydrogen-bond donors (Lipinski definition) is 6. The van der Waals surface area contributed by atoms with Gasteiger partial charge >= 0.3 is 0 Å². The normalized spacial score (nSPS) is 17.6. The summed E-state index contributed by atoms with van der Waals surface area (Å²) >= 11 is 1.49. The number of nitrogens with two attached hydrogens (primary N) is 1. The molecule has 7 N–H and O–H groups in total. The molecule has 2 aromatic carbocycles. The number of aliphatic hydroxyl groups is 1. The number of aryl methyl sites for hydroxylation is 2. The molecule has 1 saturated carbocycles. The number of amides is 5. The van der Waals surface area contributed by atoms with Crippen molar-refractivity contribution in [2.24, 2.45) is 11.7 Å². The smallest absolute Gasteiger partial charge is 0.254 e. The molecule has 0 radical (unpaired) electrons. The topological polar surface area (TPSA) is 321 Å². The van der Waals surface area contributed by atoms with Crippen LogP contribution in [0.5, 0.6) is 0 Å². The lowest BCUT2D eigenvalue weighted by Gasteiger charge is -2.43. The molecule has 0 bridgehead atoms. The number of carbonyl (C=O) groups is 5. The van der Waals surface area contributed by atoms with Gasteiger partial charge in [0.2, 0.25) is 23.6 Å². The number of nitrogens with one attached hydrogen (secondary N) is 4. The Labute approximate surface area is 536 Å². The number of fused-ring (bicyclic) bond motifs is 1. The fraction of sp³-hybridized carbons (Fsp3) is 0.500. The summed E-state index contributed by atoms with van der Waals surface area (Å²) in [6.07, 6.45) is 7.80. The zero-order valence-corrected chi connectivity index (χ0v) is 53.1. The SMILES string of the molecule is Cc1cc([C@H](C(=O)N2CC(O)CC2(C(N)=O)[C@@H](CC(=O)NCCOCCOCCOCCOCCOCCNC(=O)CN2CCN(C(=O)c3ccc(Nc4nc(C5CC5)cn5c(-c6cn[nH]c6)cnc45)c(F)c3)CC2)c2ccc(-c3scnc3C)cc2)C(C)C)on1. The maximum Gasteiger partial charge on any atom is 0.254 e. The Morgan fingerprint density at radius 2 is 1.50 bits per heavy atom. The average molecular weight is 1290 g/mol. The number of imidazole rings is 1. The molecule has 0 spiro atoms. The summed E-state index contributed by atoms with van der Waals surface area (Å²) in [6, 6.07) is 13.5. The van der Waals surface area contributed by atoms with Gasteiger partial charge in [0.15, 0.2) is 11.5 Å². The van der Waals surface area contributed by atoms with Crippen molar-refractivity contribution in [1.82, 2.24) is 60.0 Å². The van der Waals surface area contributed by atoms with Crippen molar-refractivity contribution in [2.45, 2.75) is 82.8 Å². The van der Waals surface area contributed by atoms with Crippen LogP contribution in [-0.4, -0.2) is 214 Å². The molecule has 3 aliphatic rings. The highest BCUT2D eigenvalue weighted by Gasteiger charge is 2.59. The first-order valence-electron chi connectivity index (χ1n) is 31.2. The van der Waals surface area contributed by atoms with Crippen LogP contribution in [0.1, 0.15) is 96.0 Å². The molecule has 5 amide bonds. The van der Waals surface area contributed by atoms with Crippen molar-refractivity contribution in [2.75, 3.05) is 124 Å². The van der Waals surface area contributed by atoms with Crippen LogP contribution in [0.25, 0.3) is 27.3 Å². The molecule has 4 atom stereocenters. The number of ether oxygens (including phenoxy) is 5. The number of aromatic nitrogens is 7. The van der Waals surface area contributed by atoms with Crippen LogP contribution in [0.2, 0.25) is 0 Å². The highest BCUT2D eigenvalue weighted by atomic mass is 32.1. The maximum absolute atomic E-state index is 15.7. The molecule has 3 fully saturated rings. The van der Waals surface area contributed by atoms with Gasteiger partial charge in [-0.25, -0.2) is 19.3 Å². The number of benzene rings is 2. The zero-order valence-electron chi connectivity index (χ0n) is 52.3. The summed E-state index contributed by atoms with van der Waals surface area (Å²) in [7, 11) is 0. The van der Waals surface area contributed by atoms with Gasteiger partial charge in [-0.2, -0.15) is 5.10 Å². The second-order valence-electron chi connectivity index (χ2n) is 23.6. The summed E-state index contributed by atoms with van der Waals surface area (Å²) < 4.78 is 51.3. The van der Waals surface area contributed by atoms with Gasteiger partial charge in [0.05, 0.1) is 130 Å². The van der Waals surface area contributed by atoms with E-state index in [9.17, 15) is 29.1 Å². The molecule has 5 aromatic heterocycles. The van der Waals surface area contributed by atoms with Crippen molar-refractivity contribution in [3.05, 3.63) is 119 Å². The van der Waals surface area contributed by atoms with Crippen molar-refractivity contribution >= 4 is 58.0 Å². The van der Waals surface area contributed by atoms with Crippen LogP contribution in [0.15, 0.2) is 83.4 Å². The molecule has 10 rings (SSSR count). The first-order chi connectivity index (χ1) is 44.6. The molecule has 1 aliphatic carbocycles. The summed E-state index contributed by atoms with van der Waals surface area (Å²) in [6.45, 7) is 12.8. The lowest BCUT2D eigenvalue weighted by atomic mass is 9.73. The number of carbonyl (C=O) groups excluding carboxylic acids is 5. The Kier molecular flexibility index (Phi) is 22.9. The minimum absolute atomic E-state index is 0.153. The van der Waals surface area contributed by atoms with Crippen LogP contribution < -0.4 is 21.7 Å². The van der Waals surface area contributed by atoms with E-state index in [0.29, 0.717) is 120 Å². The largest absolute Gasteiger partial charge is 0.391 e. The van der Waals surface area contributed by atoms with Crippen LogP contribution in [0, 0.1) is 25.6 Å². The molecule has 2 aliphatic heterocycles. The van der Waals surface area contributed by atoms with Crippen LogP contribution in [0.3, 0.4) is 0 Å². The van der Waals surface area contributed by atoms with E-state index >= 15 is 4.39 Å². The second-order valence-corrected chi connectivity index (χ2v) is 24.5. The first-order valence-corrected chi connectivity index (χ1v) is 32.1. The fourth-order valence-electron chi connectivity index (χ4n) is 11.8. The van der Waals surface area contributed by atoms with Gasteiger partial charge in [-0.1, -0.05) is 43.3 Å². The lowest BCUT2D eigenvalue weighted by molar-refractivity contribution is -0.148. The zero-order chi connectivity index (χ0) is 64.7. The molecule has 28 heteroatoms. The molecule has 2 saturated heterocycles. The third kappa shape index (κ3) is 16.6. The first kappa shape index (κ1) is 66.8. The molecule has 2 unspecified atom stereocenters. The third-order valence-corrected chi connectivity index (χ3v) is 17.7. The number of nitrogens with zero attached hydrogens (tertiary/aromatic N) is 9. The molecule has 92 heavy (non-hydrogen) atoms. The monoisotopic (exact) mass is 1290 g/mol. The second kappa shape index (κ2) is 31.5. The van der Waals surface area contributed by atoms with Crippen LogP contribution in [0.4, 0.5) is 15.9 Å². The lowest BCUT2D eigenvalue weighted by Crippen LogP contribution is -2.61. The summed E-state index contributed by atoms with van der Waals surface area (Å²) in [5.41, 5.74) is 12.8. The standard InChI is InChI=1S/C64H81FN14O12S/c1-40(2)57(54-29-41(3)75-91-54)62(84)79-36-48(80)32-64(79,63(66)85)49(43-5-9-45(10-6-43)58-42(4)70-39-92-58)31-55(81)67-13-19-86-21-23-88-25-27-90-28-26-89-24-22-87-20-14-68-56(82)38-76-15-17-77(18-16-76)61(83)46-11-12-51(50(65)30-46)73-59-60-69-35-53(47-33-71-72-34-47)78(60)37-52(74-59)44-7-8-44/h5-6,9-12,29-30,33-35,37,39-40,44,48-49,57,80H,7-8,13-28,31-32,36,38H2,1-4H3,(H2,66,85)(H,67,81)(H,68,82)(H,71,72)(H,73,74)/t48?,49-,57+,64?/m0/s1. The van der Waals surface area contributed by atoms with E-state index in [2.05, 4.69) is 41.3 Å². The summed E-state index contributed by atoms with van der Waals surface area (Å²) in [5.74, 6) is -3.69. The predicted molar refractivity (Wildman–Crippen MR) is 337 cm³/mol. The Bertz CT molecular complexity index is 3610. The molecule has 7 aromatic rings. The van der Waals surface area contributed by atoms with Crippen molar-refractivity contribution in [3.63, 3.8) is 0 Å². The molecule has 26 nitrogen and oxygen atoms in total. The number of piperazine rings is 1. The quantitative estimate of drug-likeness (QED) is 0.0285. The van der Waals surface area contributed by atoms with E-state index < -0.39 is 47.0 Å². The number of likely N-dealkylation sites (tertiary alicyclic amines) is 1. The highest BCUT2D eigenvalue weighted by Crippen LogP contribution is 2.47. The molecule has 7 heterocycles. The number of thiazole rings is 1. The van der Waals surface area contributed by atoms with Crippen LogP contribution >= 0.6 is 11.3 Å².